The topological polar surface area (TPSA) is 12.0 Å². The van der Waals surface area contributed by atoms with Crippen LogP contribution in [0.25, 0.3) is 0 Å². The molecule has 0 amide bonds. The molecule has 0 fully saturated rings. The molecule has 2 aromatic carbocycles. The van der Waals surface area contributed by atoms with Crippen molar-refractivity contribution in [2.45, 2.75) is 19.4 Å². The second kappa shape index (κ2) is 6.15. The number of halogens is 3. The van der Waals surface area contributed by atoms with Crippen molar-refractivity contribution < 1.29 is 8.78 Å². The molecule has 1 atom stereocenters. The van der Waals surface area contributed by atoms with Gasteiger partial charge >= 0.3 is 0 Å². The largest absolute Gasteiger partial charge is 0.376 e. The van der Waals surface area contributed by atoms with Crippen LogP contribution in [-0.2, 0) is 0 Å². The predicted octanol–water partition coefficient (Wildman–Crippen LogP) is 5.29. The van der Waals surface area contributed by atoms with Gasteiger partial charge in [0.2, 0.25) is 0 Å². The lowest BCUT2D eigenvalue weighted by molar-refractivity contribution is 0.582. The molecule has 0 radical (unpaired) electrons. The summed E-state index contributed by atoms with van der Waals surface area (Å²) in [6, 6.07) is 11.4. The molecular weight excluding hydrogens is 312 g/mol. The SMILES string of the molecule is CCC(Nc1ccc(F)cc1F)c1ccc(Br)cc1. The fraction of sp³-hybridized carbons (Fsp3) is 0.200. The van der Waals surface area contributed by atoms with Crippen molar-refractivity contribution in [3.05, 3.63) is 64.1 Å². The summed E-state index contributed by atoms with van der Waals surface area (Å²) >= 11 is 3.38. The lowest BCUT2D eigenvalue weighted by Gasteiger charge is -2.19. The molecule has 0 saturated heterocycles. The van der Waals surface area contributed by atoms with E-state index in [1.807, 2.05) is 31.2 Å². The number of nitrogens with one attached hydrogen (secondary N) is 1. The Kier molecular flexibility index (Phi) is 4.53. The van der Waals surface area contributed by atoms with E-state index in [9.17, 15) is 8.78 Å². The Morgan fingerprint density at radius 2 is 1.79 bits per heavy atom. The van der Waals surface area contributed by atoms with Crippen LogP contribution in [0.4, 0.5) is 14.5 Å². The van der Waals surface area contributed by atoms with Crippen LogP contribution < -0.4 is 5.32 Å². The first kappa shape index (κ1) is 14.0. The first-order valence-corrected chi connectivity index (χ1v) is 6.86. The molecule has 1 unspecified atom stereocenters. The Hall–Kier alpha value is -1.42. The minimum atomic E-state index is -0.574. The van der Waals surface area contributed by atoms with Crippen molar-refractivity contribution in [3.8, 4) is 0 Å². The average molecular weight is 326 g/mol. The van der Waals surface area contributed by atoms with Crippen LogP contribution >= 0.6 is 15.9 Å². The third kappa shape index (κ3) is 3.53. The van der Waals surface area contributed by atoms with E-state index >= 15 is 0 Å². The van der Waals surface area contributed by atoms with Crippen LogP contribution in [0.2, 0.25) is 0 Å². The van der Waals surface area contributed by atoms with E-state index in [2.05, 4.69) is 21.2 Å². The maximum absolute atomic E-state index is 13.6. The molecule has 19 heavy (non-hydrogen) atoms. The summed E-state index contributed by atoms with van der Waals surface area (Å²) in [6.07, 6.45) is 0.804. The Bertz CT molecular complexity index is 555. The standard InChI is InChI=1S/C15H14BrF2N/c1-2-14(10-3-5-11(16)6-4-10)19-15-8-7-12(17)9-13(15)18/h3-9,14,19H,2H2,1H3. The van der Waals surface area contributed by atoms with Gasteiger partial charge in [-0.25, -0.2) is 8.78 Å². The third-order valence-electron chi connectivity index (χ3n) is 2.94. The van der Waals surface area contributed by atoms with Gasteiger partial charge in [0.15, 0.2) is 0 Å². The molecule has 0 heterocycles. The first-order valence-electron chi connectivity index (χ1n) is 6.07. The van der Waals surface area contributed by atoms with Gasteiger partial charge in [0.05, 0.1) is 11.7 Å². The molecule has 4 heteroatoms. The highest BCUT2D eigenvalue weighted by atomic mass is 79.9. The zero-order chi connectivity index (χ0) is 13.8. The van der Waals surface area contributed by atoms with Crippen molar-refractivity contribution in [1.82, 2.24) is 0 Å². The van der Waals surface area contributed by atoms with Crippen molar-refractivity contribution >= 4 is 21.6 Å². The molecular formula is C15H14BrF2N. The van der Waals surface area contributed by atoms with Gasteiger partial charge in [-0.05, 0) is 36.2 Å². The molecule has 1 nitrogen and oxygen atoms in total. The van der Waals surface area contributed by atoms with Crippen molar-refractivity contribution in [2.24, 2.45) is 0 Å². The monoisotopic (exact) mass is 325 g/mol. The molecule has 0 aromatic heterocycles. The van der Waals surface area contributed by atoms with Gasteiger partial charge in [0.1, 0.15) is 11.6 Å². The molecule has 0 aliphatic heterocycles. The highest BCUT2D eigenvalue weighted by molar-refractivity contribution is 9.10. The van der Waals surface area contributed by atoms with Gasteiger partial charge < -0.3 is 5.32 Å². The summed E-state index contributed by atoms with van der Waals surface area (Å²) in [5, 5.41) is 3.10. The van der Waals surface area contributed by atoms with E-state index in [1.54, 1.807) is 0 Å². The quantitative estimate of drug-likeness (QED) is 0.805. The average Bonchev–Trinajstić information content (AvgIpc) is 2.39. The molecule has 0 bridgehead atoms. The molecule has 1 N–H and O–H groups in total. The Morgan fingerprint density at radius 3 is 2.37 bits per heavy atom. The molecule has 100 valence electrons. The summed E-state index contributed by atoms with van der Waals surface area (Å²) in [7, 11) is 0. The minimum absolute atomic E-state index is 0.00642. The Morgan fingerprint density at radius 1 is 1.11 bits per heavy atom. The fourth-order valence-corrected chi connectivity index (χ4v) is 2.17. The molecule has 0 saturated carbocycles. The van der Waals surface area contributed by atoms with Crippen LogP contribution in [-0.4, -0.2) is 0 Å². The highest BCUT2D eigenvalue weighted by Crippen LogP contribution is 2.25. The normalized spacial score (nSPS) is 12.2. The van der Waals surface area contributed by atoms with Gasteiger partial charge in [-0.15, -0.1) is 0 Å². The zero-order valence-corrected chi connectivity index (χ0v) is 12.0. The lowest BCUT2D eigenvalue weighted by Crippen LogP contribution is -2.10. The number of hydrogen-bond acceptors (Lipinski definition) is 1. The van der Waals surface area contributed by atoms with E-state index in [0.717, 1.165) is 22.5 Å². The third-order valence-corrected chi connectivity index (χ3v) is 3.47. The Labute approximate surface area is 119 Å². The number of rotatable bonds is 4. The molecule has 2 rings (SSSR count). The van der Waals surface area contributed by atoms with Crippen molar-refractivity contribution in [3.63, 3.8) is 0 Å². The van der Waals surface area contributed by atoms with E-state index in [-0.39, 0.29) is 6.04 Å². The molecule has 0 spiro atoms. The summed E-state index contributed by atoms with van der Waals surface area (Å²) in [6.45, 7) is 2.02. The number of hydrogen-bond donors (Lipinski definition) is 1. The van der Waals surface area contributed by atoms with Gasteiger partial charge in [-0.2, -0.15) is 0 Å². The van der Waals surface area contributed by atoms with Gasteiger partial charge in [0.25, 0.3) is 0 Å². The fourth-order valence-electron chi connectivity index (χ4n) is 1.91. The summed E-state index contributed by atoms with van der Waals surface area (Å²) in [5.41, 5.74) is 1.38. The van der Waals surface area contributed by atoms with E-state index in [4.69, 9.17) is 0 Å². The zero-order valence-electron chi connectivity index (χ0n) is 10.5. The lowest BCUT2D eigenvalue weighted by atomic mass is 10.0. The highest BCUT2D eigenvalue weighted by Gasteiger charge is 2.12. The second-order valence-corrected chi connectivity index (χ2v) is 5.20. The maximum Gasteiger partial charge on any atom is 0.149 e. The first-order chi connectivity index (χ1) is 9.10. The van der Waals surface area contributed by atoms with Gasteiger partial charge in [-0.1, -0.05) is 35.0 Å². The van der Waals surface area contributed by atoms with E-state index < -0.39 is 11.6 Å². The van der Waals surface area contributed by atoms with Gasteiger partial charge in [0, 0.05) is 10.5 Å². The summed E-state index contributed by atoms with van der Waals surface area (Å²) in [4.78, 5) is 0. The van der Waals surface area contributed by atoms with Crippen LogP contribution in [0.5, 0.6) is 0 Å². The molecule has 2 aromatic rings. The van der Waals surface area contributed by atoms with Crippen LogP contribution in [0.1, 0.15) is 24.9 Å². The number of benzene rings is 2. The summed E-state index contributed by atoms with van der Waals surface area (Å²) < 4.78 is 27.5. The smallest absolute Gasteiger partial charge is 0.149 e. The van der Waals surface area contributed by atoms with E-state index in [0.29, 0.717) is 5.69 Å². The summed E-state index contributed by atoms with van der Waals surface area (Å²) in [5.74, 6) is -1.14. The Balaban J connectivity index is 2.21. The van der Waals surface area contributed by atoms with E-state index in [1.165, 1.54) is 12.1 Å². The van der Waals surface area contributed by atoms with Crippen LogP contribution in [0, 0.1) is 11.6 Å². The van der Waals surface area contributed by atoms with Crippen LogP contribution in [0.15, 0.2) is 46.9 Å². The molecule has 0 aliphatic rings. The predicted molar refractivity (Wildman–Crippen MR) is 77.2 cm³/mol. The van der Waals surface area contributed by atoms with Crippen molar-refractivity contribution in [2.75, 3.05) is 5.32 Å². The molecule has 0 aliphatic carbocycles. The minimum Gasteiger partial charge on any atom is -0.376 e. The second-order valence-electron chi connectivity index (χ2n) is 4.28. The van der Waals surface area contributed by atoms with Gasteiger partial charge in [-0.3, -0.25) is 0 Å². The number of anilines is 1. The maximum atomic E-state index is 13.6. The van der Waals surface area contributed by atoms with Crippen LogP contribution in [0.3, 0.4) is 0 Å². The van der Waals surface area contributed by atoms with Crippen molar-refractivity contribution in [1.29, 1.82) is 0 Å².